The molecule has 0 saturated heterocycles. The fourth-order valence-corrected chi connectivity index (χ4v) is 4.42. The van der Waals surface area contributed by atoms with Crippen LogP contribution >= 0.6 is 23.7 Å². The number of anilines is 1. The maximum absolute atomic E-state index is 4.52. The molecule has 1 N–H and O–H groups in total. The largest absolute Gasteiger partial charge is 0.365 e. The normalized spacial score (nSPS) is 10.9. The second-order valence-corrected chi connectivity index (χ2v) is 7.86. The van der Waals surface area contributed by atoms with Crippen LogP contribution in [0.2, 0.25) is 0 Å². The Morgan fingerprint density at radius 1 is 0.933 bits per heavy atom. The van der Waals surface area contributed by atoms with E-state index in [2.05, 4.69) is 61.7 Å². The molecule has 150 valence electrons. The number of benzene rings is 1. The van der Waals surface area contributed by atoms with E-state index in [1.807, 2.05) is 31.3 Å². The van der Waals surface area contributed by atoms with Gasteiger partial charge < -0.3 is 5.32 Å². The van der Waals surface area contributed by atoms with Gasteiger partial charge in [-0.1, -0.05) is 30.3 Å². The summed E-state index contributed by atoms with van der Waals surface area (Å²) in [4.78, 5) is 14.3. The van der Waals surface area contributed by atoms with Crippen LogP contribution in [0, 0.1) is 13.8 Å². The standard InChI is InChI=1S/C22H18N6S.ClH/c1-13-14(2)27-28-22-18(13)19-20(29-22)21(26-12-25-19)24-11-15-6-8-16(9-7-15)17-5-3-4-10-23-17;/h3-10,12H,11H2,1-2H3,(H,24,25,26);1H. The first-order chi connectivity index (χ1) is 14.2. The van der Waals surface area contributed by atoms with Crippen LogP contribution in [-0.2, 0) is 6.54 Å². The Hall–Kier alpha value is -3.16. The average Bonchev–Trinajstić information content (AvgIpc) is 3.16. The van der Waals surface area contributed by atoms with Crippen molar-refractivity contribution < 1.29 is 0 Å². The summed E-state index contributed by atoms with van der Waals surface area (Å²) < 4.78 is 1.01. The van der Waals surface area contributed by atoms with Crippen molar-refractivity contribution in [3.63, 3.8) is 0 Å². The van der Waals surface area contributed by atoms with Crippen molar-refractivity contribution in [1.29, 1.82) is 0 Å². The monoisotopic (exact) mass is 434 g/mol. The van der Waals surface area contributed by atoms with Gasteiger partial charge in [0.2, 0.25) is 0 Å². The minimum atomic E-state index is 0. The summed E-state index contributed by atoms with van der Waals surface area (Å²) in [5.74, 6) is 0.823. The van der Waals surface area contributed by atoms with Crippen LogP contribution in [0.15, 0.2) is 55.0 Å². The molecule has 6 nitrogen and oxygen atoms in total. The molecule has 0 spiro atoms. The molecule has 30 heavy (non-hydrogen) atoms. The molecule has 4 heterocycles. The van der Waals surface area contributed by atoms with Gasteiger partial charge >= 0.3 is 0 Å². The molecular formula is C22H19ClN6S. The van der Waals surface area contributed by atoms with Crippen LogP contribution < -0.4 is 5.32 Å². The summed E-state index contributed by atoms with van der Waals surface area (Å²) in [6, 6.07) is 14.3. The Bertz CT molecular complexity index is 1320. The van der Waals surface area contributed by atoms with E-state index in [1.165, 1.54) is 5.56 Å². The molecular weight excluding hydrogens is 416 g/mol. The van der Waals surface area contributed by atoms with Gasteiger partial charge in [0.25, 0.3) is 0 Å². The molecule has 0 bridgehead atoms. The lowest BCUT2D eigenvalue weighted by Gasteiger charge is -2.07. The first-order valence-electron chi connectivity index (χ1n) is 9.32. The summed E-state index contributed by atoms with van der Waals surface area (Å²) in [6.45, 7) is 4.71. The Morgan fingerprint density at radius 3 is 2.53 bits per heavy atom. The summed E-state index contributed by atoms with van der Waals surface area (Å²) in [7, 11) is 0. The molecule has 0 amide bonds. The third-order valence-corrected chi connectivity index (χ3v) is 6.11. The lowest BCUT2D eigenvalue weighted by atomic mass is 10.1. The second kappa shape index (κ2) is 8.30. The van der Waals surface area contributed by atoms with Gasteiger partial charge in [0.05, 0.1) is 21.6 Å². The van der Waals surface area contributed by atoms with Gasteiger partial charge in [-0.2, -0.15) is 5.10 Å². The SMILES string of the molecule is Cc1nnc2sc3c(NCc4ccc(-c5ccccn5)cc4)ncnc3c2c1C.Cl. The van der Waals surface area contributed by atoms with Gasteiger partial charge in [0.1, 0.15) is 17.0 Å². The molecule has 5 aromatic rings. The zero-order chi connectivity index (χ0) is 19.8. The van der Waals surface area contributed by atoms with Crippen molar-refractivity contribution >= 4 is 50.0 Å². The van der Waals surface area contributed by atoms with Gasteiger partial charge in [0.15, 0.2) is 0 Å². The molecule has 0 atom stereocenters. The Morgan fingerprint density at radius 2 is 1.77 bits per heavy atom. The first kappa shape index (κ1) is 20.1. The lowest BCUT2D eigenvalue weighted by molar-refractivity contribution is 1.01. The highest BCUT2D eigenvalue weighted by Gasteiger charge is 2.15. The first-order valence-corrected chi connectivity index (χ1v) is 10.1. The maximum atomic E-state index is 4.52. The third-order valence-electron chi connectivity index (χ3n) is 5.04. The number of nitrogens with one attached hydrogen (secondary N) is 1. The highest BCUT2D eigenvalue weighted by atomic mass is 35.5. The van der Waals surface area contributed by atoms with Crippen molar-refractivity contribution in [2.45, 2.75) is 20.4 Å². The van der Waals surface area contributed by atoms with Crippen LogP contribution in [0.5, 0.6) is 0 Å². The third kappa shape index (κ3) is 3.58. The second-order valence-electron chi connectivity index (χ2n) is 6.86. The van der Waals surface area contributed by atoms with Crippen LogP contribution in [0.3, 0.4) is 0 Å². The summed E-state index contributed by atoms with van der Waals surface area (Å²) in [5.41, 5.74) is 6.23. The van der Waals surface area contributed by atoms with Crippen LogP contribution in [-0.4, -0.2) is 25.1 Å². The summed E-state index contributed by atoms with van der Waals surface area (Å²) in [6.07, 6.45) is 3.42. The van der Waals surface area contributed by atoms with Gasteiger partial charge in [-0.05, 0) is 37.1 Å². The van der Waals surface area contributed by atoms with E-state index >= 15 is 0 Å². The minimum absolute atomic E-state index is 0. The van der Waals surface area contributed by atoms with E-state index in [-0.39, 0.29) is 12.4 Å². The number of halogens is 1. The van der Waals surface area contributed by atoms with Crippen molar-refractivity contribution in [3.8, 4) is 11.3 Å². The molecule has 0 unspecified atom stereocenters. The molecule has 0 aliphatic carbocycles. The quantitative estimate of drug-likeness (QED) is 0.411. The minimum Gasteiger partial charge on any atom is -0.365 e. The van der Waals surface area contributed by atoms with Gasteiger partial charge in [0, 0.05) is 23.7 Å². The van der Waals surface area contributed by atoms with E-state index < -0.39 is 0 Å². The van der Waals surface area contributed by atoms with Crippen molar-refractivity contribution in [3.05, 3.63) is 71.8 Å². The lowest BCUT2D eigenvalue weighted by Crippen LogP contribution is -2.01. The molecule has 0 saturated carbocycles. The van der Waals surface area contributed by atoms with Crippen LogP contribution in [0.4, 0.5) is 5.82 Å². The molecule has 0 aliphatic rings. The van der Waals surface area contributed by atoms with Crippen LogP contribution in [0.1, 0.15) is 16.8 Å². The Labute approximate surface area is 183 Å². The van der Waals surface area contributed by atoms with E-state index in [0.29, 0.717) is 6.54 Å². The van der Waals surface area contributed by atoms with Gasteiger partial charge in [-0.15, -0.1) is 28.8 Å². The molecule has 8 heteroatoms. The number of aromatic nitrogens is 5. The highest BCUT2D eigenvalue weighted by molar-refractivity contribution is 7.25. The number of aryl methyl sites for hydroxylation is 2. The van der Waals surface area contributed by atoms with E-state index in [1.54, 1.807) is 17.7 Å². The Balaban J connectivity index is 0.00000218. The van der Waals surface area contributed by atoms with Gasteiger partial charge in [-0.3, -0.25) is 4.98 Å². The number of fused-ring (bicyclic) bond motifs is 3. The smallest absolute Gasteiger partial charge is 0.149 e. The van der Waals surface area contributed by atoms with E-state index in [9.17, 15) is 0 Å². The zero-order valence-corrected chi connectivity index (χ0v) is 18.1. The fourth-order valence-electron chi connectivity index (χ4n) is 3.32. The Kier molecular flexibility index (Phi) is 5.57. The highest BCUT2D eigenvalue weighted by Crippen LogP contribution is 2.36. The zero-order valence-electron chi connectivity index (χ0n) is 16.5. The van der Waals surface area contributed by atoms with Crippen LogP contribution in [0.25, 0.3) is 31.7 Å². The maximum Gasteiger partial charge on any atom is 0.149 e. The molecule has 0 aliphatic heterocycles. The number of hydrogen-bond acceptors (Lipinski definition) is 7. The number of pyridine rings is 1. The van der Waals surface area contributed by atoms with Gasteiger partial charge in [-0.25, -0.2) is 9.97 Å². The number of rotatable bonds is 4. The molecule has 4 aromatic heterocycles. The molecule has 0 radical (unpaired) electrons. The van der Waals surface area contributed by atoms with E-state index in [4.69, 9.17) is 0 Å². The van der Waals surface area contributed by atoms with E-state index in [0.717, 1.165) is 48.8 Å². The number of thiophene rings is 1. The van der Waals surface area contributed by atoms with Crippen molar-refractivity contribution in [1.82, 2.24) is 25.1 Å². The number of hydrogen-bond donors (Lipinski definition) is 1. The predicted molar refractivity (Wildman–Crippen MR) is 124 cm³/mol. The average molecular weight is 435 g/mol. The topological polar surface area (TPSA) is 76.5 Å². The molecule has 0 fully saturated rings. The summed E-state index contributed by atoms with van der Waals surface area (Å²) >= 11 is 1.58. The van der Waals surface area contributed by atoms with Crippen molar-refractivity contribution in [2.75, 3.05) is 5.32 Å². The molecule has 5 rings (SSSR count). The molecule has 1 aromatic carbocycles. The summed E-state index contributed by atoms with van der Waals surface area (Å²) in [5, 5.41) is 13.1. The fraction of sp³-hybridized carbons (Fsp3) is 0.136. The van der Waals surface area contributed by atoms with Crippen molar-refractivity contribution in [2.24, 2.45) is 0 Å². The predicted octanol–water partition coefficient (Wildman–Crippen LogP) is 5.35. The number of nitrogens with zero attached hydrogens (tertiary/aromatic N) is 5.